The van der Waals surface area contributed by atoms with Gasteiger partial charge < -0.3 is 14.5 Å². The monoisotopic (exact) mass is 277 g/mol. The van der Waals surface area contributed by atoms with Crippen LogP contribution in [-0.2, 0) is 4.74 Å². The number of carbonyl (C=O) groups excluding carboxylic acids is 1. The lowest BCUT2D eigenvalue weighted by atomic mass is 10.2. The van der Waals surface area contributed by atoms with Gasteiger partial charge in [0.2, 0.25) is 0 Å². The van der Waals surface area contributed by atoms with Crippen LogP contribution in [0.3, 0.4) is 0 Å². The van der Waals surface area contributed by atoms with Gasteiger partial charge in [0, 0.05) is 32.4 Å². The van der Waals surface area contributed by atoms with Gasteiger partial charge >= 0.3 is 6.09 Å². The number of nitrogens with zero attached hydrogens (tertiary/aromatic N) is 3. The van der Waals surface area contributed by atoms with Crippen molar-refractivity contribution in [2.75, 3.05) is 31.1 Å². The summed E-state index contributed by atoms with van der Waals surface area (Å²) in [4.78, 5) is 20.3. The number of anilines is 1. The van der Waals surface area contributed by atoms with E-state index in [1.807, 2.05) is 33.0 Å². The van der Waals surface area contributed by atoms with Gasteiger partial charge in [0.1, 0.15) is 11.4 Å². The summed E-state index contributed by atoms with van der Waals surface area (Å²) in [6.07, 6.45) is 1.60. The molecule has 20 heavy (non-hydrogen) atoms. The number of hydrogen-bond acceptors (Lipinski definition) is 4. The van der Waals surface area contributed by atoms with Gasteiger partial charge in [-0.3, -0.25) is 0 Å². The van der Waals surface area contributed by atoms with Gasteiger partial charge in [-0.2, -0.15) is 0 Å². The zero-order valence-electron chi connectivity index (χ0n) is 12.7. The van der Waals surface area contributed by atoms with Crippen molar-refractivity contribution < 1.29 is 9.53 Å². The highest BCUT2D eigenvalue weighted by Crippen LogP contribution is 2.16. The number of piperazine rings is 1. The summed E-state index contributed by atoms with van der Waals surface area (Å²) in [6.45, 7) is 10.6. The van der Waals surface area contributed by atoms with E-state index in [0.29, 0.717) is 13.1 Å². The molecule has 0 atom stereocenters. The largest absolute Gasteiger partial charge is 0.444 e. The molecule has 0 saturated carbocycles. The zero-order valence-corrected chi connectivity index (χ0v) is 12.7. The second kappa shape index (κ2) is 5.69. The smallest absolute Gasteiger partial charge is 0.410 e. The van der Waals surface area contributed by atoms with Gasteiger partial charge in [0.25, 0.3) is 0 Å². The van der Waals surface area contributed by atoms with Gasteiger partial charge in [-0.1, -0.05) is 0 Å². The first-order valence-corrected chi connectivity index (χ1v) is 7.01. The van der Waals surface area contributed by atoms with Crippen LogP contribution < -0.4 is 4.90 Å². The molecule has 0 radical (unpaired) electrons. The molecule has 1 saturated heterocycles. The van der Waals surface area contributed by atoms with Crippen LogP contribution in [0.4, 0.5) is 10.6 Å². The lowest BCUT2D eigenvalue weighted by Gasteiger charge is -2.36. The molecule has 2 rings (SSSR count). The summed E-state index contributed by atoms with van der Waals surface area (Å²) in [5, 5.41) is 0. The fourth-order valence-electron chi connectivity index (χ4n) is 2.14. The second-order valence-electron chi connectivity index (χ2n) is 6.15. The molecule has 0 N–H and O–H groups in total. The van der Waals surface area contributed by atoms with E-state index in [0.717, 1.165) is 18.9 Å². The Kier molecular flexibility index (Phi) is 4.16. The minimum absolute atomic E-state index is 0.227. The van der Waals surface area contributed by atoms with E-state index in [1.54, 1.807) is 4.90 Å². The highest BCUT2D eigenvalue weighted by Gasteiger charge is 2.26. The van der Waals surface area contributed by atoms with Crippen molar-refractivity contribution in [3.8, 4) is 0 Å². The standard InChI is InChI=1S/C15H23N3O2/c1-12-5-6-16-13(11-12)17-7-9-18(10-8-17)14(19)20-15(2,3)4/h5-6,11H,7-10H2,1-4H3. The molecule has 1 aliphatic rings. The molecular weight excluding hydrogens is 254 g/mol. The fourth-order valence-corrected chi connectivity index (χ4v) is 2.14. The Morgan fingerprint density at radius 1 is 1.25 bits per heavy atom. The van der Waals surface area contributed by atoms with Crippen molar-refractivity contribution in [1.29, 1.82) is 0 Å². The molecule has 2 heterocycles. The molecular formula is C15H23N3O2. The van der Waals surface area contributed by atoms with Crippen molar-refractivity contribution >= 4 is 11.9 Å². The number of aryl methyl sites for hydroxylation is 1. The number of carbonyl (C=O) groups is 1. The van der Waals surface area contributed by atoms with Gasteiger partial charge in [0.15, 0.2) is 0 Å². The third-order valence-electron chi connectivity index (χ3n) is 3.16. The van der Waals surface area contributed by atoms with Crippen LogP contribution in [0.15, 0.2) is 18.3 Å². The summed E-state index contributed by atoms with van der Waals surface area (Å²) in [7, 11) is 0. The Balaban J connectivity index is 1.91. The number of ether oxygens (including phenoxy) is 1. The van der Waals surface area contributed by atoms with E-state index >= 15 is 0 Å². The second-order valence-corrected chi connectivity index (χ2v) is 6.15. The highest BCUT2D eigenvalue weighted by molar-refractivity contribution is 5.68. The maximum atomic E-state index is 12.0. The lowest BCUT2D eigenvalue weighted by molar-refractivity contribution is 0.0240. The molecule has 0 aliphatic carbocycles. The summed E-state index contributed by atoms with van der Waals surface area (Å²) in [5.41, 5.74) is 0.760. The molecule has 0 spiro atoms. The zero-order chi connectivity index (χ0) is 14.8. The summed E-state index contributed by atoms with van der Waals surface area (Å²) in [6, 6.07) is 4.06. The Morgan fingerprint density at radius 2 is 1.90 bits per heavy atom. The van der Waals surface area contributed by atoms with E-state index < -0.39 is 5.60 Å². The number of amides is 1. The van der Waals surface area contributed by atoms with Crippen LogP contribution in [0.1, 0.15) is 26.3 Å². The Morgan fingerprint density at radius 3 is 2.45 bits per heavy atom. The number of aromatic nitrogens is 1. The summed E-state index contributed by atoms with van der Waals surface area (Å²) in [5.74, 6) is 0.980. The van der Waals surface area contributed by atoms with Crippen molar-refractivity contribution in [3.63, 3.8) is 0 Å². The predicted molar refractivity (Wildman–Crippen MR) is 79.0 cm³/mol. The van der Waals surface area contributed by atoms with E-state index in [4.69, 9.17) is 4.74 Å². The van der Waals surface area contributed by atoms with Crippen molar-refractivity contribution in [2.45, 2.75) is 33.3 Å². The molecule has 110 valence electrons. The van der Waals surface area contributed by atoms with E-state index in [1.165, 1.54) is 5.56 Å². The topological polar surface area (TPSA) is 45.7 Å². The van der Waals surface area contributed by atoms with Crippen LogP contribution in [-0.4, -0.2) is 47.8 Å². The fraction of sp³-hybridized carbons (Fsp3) is 0.600. The maximum Gasteiger partial charge on any atom is 0.410 e. The highest BCUT2D eigenvalue weighted by atomic mass is 16.6. The van der Waals surface area contributed by atoms with Crippen LogP contribution in [0.2, 0.25) is 0 Å². The number of rotatable bonds is 1. The van der Waals surface area contributed by atoms with Gasteiger partial charge in [0.05, 0.1) is 0 Å². The third-order valence-corrected chi connectivity index (χ3v) is 3.16. The van der Waals surface area contributed by atoms with Crippen molar-refractivity contribution in [2.24, 2.45) is 0 Å². The first-order chi connectivity index (χ1) is 9.35. The Hall–Kier alpha value is -1.78. The first kappa shape index (κ1) is 14.6. The lowest BCUT2D eigenvalue weighted by Crippen LogP contribution is -2.50. The normalized spacial score (nSPS) is 16.2. The quantitative estimate of drug-likeness (QED) is 0.791. The number of hydrogen-bond donors (Lipinski definition) is 0. The Bertz CT molecular complexity index is 474. The molecule has 1 aromatic heterocycles. The van der Waals surface area contributed by atoms with Crippen LogP contribution in [0.25, 0.3) is 0 Å². The van der Waals surface area contributed by atoms with Crippen LogP contribution >= 0.6 is 0 Å². The molecule has 0 unspecified atom stereocenters. The van der Waals surface area contributed by atoms with Crippen molar-refractivity contribution in [3.05, 3.63) is 23.9 Å². The molecule has 5 nitrogen and oxygen atoms in total. The average Bonchev–Trinajstić information content (AvgIpc) is 2.37. The SMILES string of the molecule is Cc1ccnc(N2CCN(C(=O)OC(C)(C)C)CC2)c1. The van der Waals surface area contributed by atoms with E-state index in [-0.39, 0.29) is 6.09 Å². The van der Waals surface area contributed by atoms with Crippen molar-refractivity contribution in [1.82, 2.24) is 9.88 Å². The van der Waals surface area contributed by atoms with Gasteiger partial charge in [-0.15, -0.1) is 0 Å². The molecule has 1 fully saturated rings. The molecule has 1 amide bonds. The van der Waals surface area contributed by atoms with Gasteiger partial charge in [-0.05, 0) is 45.4 Å². The third kappa shape index (κ3) is 3.85. The summed E-state index contributed by atoms with van der Waals surface area (Å²) < 4.78 is 5.39. The first-order valence-electron chi connectivity index (χ1n) is 7.01. The van der Waals surface area contributed by atoms with Crippen LogP contribution in [0, 0.1) is 6.92 Å². The molecule has 1 aliphatic heterocycles. The minimum atomic E-state index is -0.438. The minimum Gasteiger partial charge on any atom is -0.444 e. The summed E-state index contributed by atoms with van der Waals surface area (Å²) >= 11 is 0. The maximum absolute atomic E-state index is 12.0. The van der Waals surface area contributed by atoms with Crippen LogP contribution in [0.5, 0.6) is 0 Å². The molecule has 0 aromatic carbocycles. The molecule has 1 aromatic rings. The Labute approximate surface area is 120 Å². The number of pyridine rings is 1. The average molecular weight is 277 g/mol. The van der Waals surface area contributed by atoms with E-state index in [2.05, 4.69) is 22.9 Å². The van der Waals surface area contributed by atoms with Gasteiger partial charge in [-0.25, -0.2) is 9.78 Å². The molecule has 0 bridgehead atoms. The predicted octanol–water partition coefficient (Wildman–Crippen LogP) is 2.45. The molecule has 5 heteroatoms. The van der Waals surface area contributed by atoms with E-state index in [9.17, 15) is 4.79 Å².